The summed E-state index contributed by atoms with van der Waals surface area (Å²) in [5, 5.41) is 0. The summed E-state index contributed by atoms with van der Waals surface area (Å²) >= 11 is 0. The molecule has 0 heteroatoms. The van der Waals surface area contributed by atoms with Gasteiger partial charge in [-0.15, -0.1) is 0 Å². The van der Waals surface area contributed by atoms with Gasteiger partial charge in [0, 0.05) is 0 Å². The Kier molecular flexibility index (Phi) is 2.59. The Hall–Kier alpha value is -0.260. The van der Waals surface area contributed by atoms with E-state index in [1.54, 1.807) is 38.5 Å². The molecule has 4 aliphatic carbocycles. The lowest BCUT2D eigenvalue weighted by molar-refractivity contribution is 0.0909. The van der Waals surface area contributed by atoms with E-state index in [9.17, 15) is 0 Å². The van der Waals surface area contributed by atoms with Crippen LogP contribution in [0.5, 0.6) is 0 Å². The van der Waals surface area contributed by atoms with Crippen LogP contribution in [0.4, 0.5) is 0 Å². The van der Waals surface area contributed by atoms with E-state index in [0.29, 0.717) is 0 Å². The maximum absolute atomic E-state index is 2.56. The highest BCUT2D eigenvalue weighted by molar-refractivity contribution is 5.11. The lowest BCUT2D eigenvalue weighted by Gasteiger charge is -2.42. The summed E-state index contributed by atoms with van der Waals surface area (Å²) in [6, 6.07) is 0. The van der Waals surface area contributed by atoms with Crippen LogP contribution < -0.4 is 0 Å². The second-order valence-corrected chi connectivity index (χ2v) is 7.32. The summed E-state index contributed by atoms with van der Waals surface area (Å²) in [7, 11) is 0. The molecular formula is C17H26. The van der Waals surface area contributed by atoms with Crippen LogP contribution in [0.15, 0.2) is 12.2 Å². The van der Waals surface area contributed by atoms with Gasteiger partial charge in [-0.3, -0.25) is 0 Å². The number of hydrogen-bond acceptors (Lipinski definition) is 0. The molecule has 4 aliphatic rings. The van der Waals surface area contributed by atoms with E-state index in [-0.39, 0.29) is 0 Å². The SMILES string of the molecule is C1=CC2CC1CC2C1CCC2CCCCC2C1. The van der Waals surface area contributed by atoms with Crippen LogP contribution in [0.1, 0.15) is 57.8 Å². The molecule has 6 unspecified atom stereocenters. The smallest absolute Gasteiger partial charge is 0.0197 e. The lowest BCUT2D eigenvalue weighted by Crippen LogP contribution is -2.32. The minimum absolute atomic E-state index is 0.981. The van der Waals surface area contributed by atoms with E-state index in [1.165, 1.54) is 19.3 Å². The van der Waals surface area contributed by atoms with Crippen molar-refractivity contribution in [2.75, 3.05) is 0 Å². The third-order valence-electron chi connectivity index (χ3n) is 6.52. The maximum Gasteiger partial charge on any atom is -0.0197 e. The molecule has 0 saturated heterocycles. The predicted molar refractivity (Wildman–Crippen MR) is 71.6 cm³/mol. The Morgan fingerprint density at radius 2 is 1.47 bits per heavy atom. The number of allylic oxidation sites excluding steroid dienone is 2. The molecule has 3 saturated carbocycles. The molecule has 0 spiro atoms. The van der Waals surface area contributed by atoms with Gasteiger partial charge in [0.1, 0.15) is 0 Å². The van der Waals surface area contributed by atoms with Gasteiger partial charge in [0.25, 0.3) is 0 Å². The van der Waals surface area contributed by atoms with Gasteiger partial charge in [0.2, 0.25) is 0 Å². The van der Waals surface area contributed by atoms with Crippen molar-refractivity contribution in [3.8, 4) is 0 Å². The maximum atomic E-state index is 2.56. The molecule has 94 valence electrons. The summed E-state index contributed by atoms with van der Waals surface area (Å²) in [6.45, 7) is 0. The van der Waals surface area contributed by atoms with E-state index in [2.05, 4.69) is 12.2 Å². The second kappa shape index (κ2) is 4.14. The fraction of sp³-hybridized carbons (Fsp3) is 0.882. The van der Waals surface area contributed by atoms with Crippen LogP contribution >= 0.6 is 0 Å². The van der Waals surface area contributed by atoms with Crippen molar-refractivity contribution in [2.45, 2.75) is 57.8 Å². The summed E-state index contributed by atoms with van der Waals surface area (Å²) in [4.78, 5) is 0. The zero-order valence-corrected chi connectivity index (χ0v) is 11.0. The van der Waals surface area contributed by atoms with Gasteiger partial charge in [0.15, 0.2) is 0 Å². The predicted octanol–water partition coefficient (Wildman–Crippen LogP) is 4.81. The van der Waals surface area contributed by atoms with Gasteiger partial charge < -0.3 is 0 Å². The Balaban J connectivity index is 1.44. The van der Waals surface area contributed by atoms with E-state index >= 15 is 0 Å². The van der Waals surface area contributed by atoms with Crippen molar-refractivity contribution in [1.29, 1.82) is 0 Å². The number of fused-ring (bicyclic) bond motifs is 3. The van der Waals surface area contributed by atoms with E-state index in [4.69, 9.17) is 0 Å². The molecule has 0 amide bonds. The van der Waals surface area contributed by atoms with E-state index in [0.717, 1.165) is 35.5 Å². The molecule has 6 atom stereocenters. The molecule has 3 fully saturated rings. The highest BCUT2D eigenvalue weighted by Crippen LogP contribution is 2.53. The second-order valence-electron chi connectivity index (χ2n) is 7.32. The first-order valence-electron chi connectivity index (χ1n) is 8.08. The van der Waals surface area contributed by atoms with Crippen LogP contribution in [-0.2, 0) is 0 Å². The fourth-order valence-corrected chi connectivity index (χ4v) is 5.66. The molecule has 0 aromatic carbocycles. The summed E-state index contributed by atoms with van der Waals surface area (Å²) in [5.41, 5.74) is 0. The highest BCUT2D eigenvalue weighted by atomic mass is 14.5. The first kappa shape index (κ1) is 10.6. The van der Waals surface area contributed by atoms with Crippen LogP contribution in [0.25, 0.3) is 0 Å². The molecule has 0 heterocycles. The Morgan fingerprint density at radius 3 is 2.24 bits per heavy atom. The normalized spacial score (nSPS) is 52.7. The summed E-state index contributed by atoms with van der Waals surface area (Å²) in [6.07, 6.45) is 19.1. The van der Waals surface area contributed by atoms with Crippen molar-refractivity contribution < 1.29 is 0 Å². The van der Waals surface area contributed by atoms with Crippen molar-refractivity contribution >= 4 is 0 Å². The number of rotatable bonds is 1. The van der Waals surface area contributed by atoms with Crippen molar-refractivity contribution in [3.63, 3.8) is 0 Å². The van der Waals surface area contributed by atoms with Crippen LogP contribution in [0.3, 0.4) is 0 Å². The highest BCUT2D eigenvalue weighted by Gasteiger charge is 2.43. The van der Waals surface area contributed by atoms with Crippen LogP contribution in [0.2, 0.25) is 0 Å². The quantitative estimate of drug-likeness (QED) is 0.567. The molecule has 0 aromatic rings. The largest absolute Gasteiger partial charge is 0.0851 e. The van der Waals surface area contributed by atoms with Crippen LogP contribution in [0, 0.1) is 35.5 Å². The Bertz CT molecular complexity index is 316. The minimum Gasteiger partial charge on any atom is -0.0851 e. The molecule has 0 N–H and O–H groups in total. The first-order chi connectivity index (χ1) is 8.40. The van der Waals surface area contributed by atoms with Crippen molar-refractivity contribution in [2.24, 2.45) is 35.5 Å². The summed E-state index contributed by atoms with van der Waals surface area (Å²) in [5.74, 6) is 6.43. The van der Waals surface area contributed by atoms with Crippen molar-refractivity contribution in [3.05, 3.63) is 12.2 Å². The van der Waals surface area contributed by atoms with Gasteiger partial charge in [-0.2, -0.15) is 0 Å². The van der Waals surface area contributed by atoms with Gasteiger partial charge in [-0.1, -0.05) is 37.8 Å². The molecular weight excluding hydrogens is 204 g/mol. The molecule has 0 radical (unpaired) electrons. The monoisotopic (exact) mass is 230 g/mol. The third-order valence-corrected chi connectivity index (χ3v) is 6.52. The standard InChI is InChI=1S/C17H26/c1-2-4-14-11-16(8-7-13(14)3-1)17-10-12-5-6-15(17)9-12/h5-6,12-17H,1-4,7-11H2. The van der Waals surface area contributed by atoms with E-state index < -0.39 is 0 Å². The summed E-state index contributed by atoms with van der Waals surface area (Å²) < 4.78 is 0. The van der Waals surface area contributed by atoms with Gasteiger partial charge in [-0.05, 0) is 67.6 Å². The minimum atomic E-state index is 0.981. The topological polar surface area (TPSA) is 0 Å². The average Bonchev–Trinajstić information content (AvgIpc) is 3.00. The zero-order chi connectivity index (χ0) is 11.2. The molecule has 0 nitrogen and oxygen atoms in total. The zero-order valence-electron chi connectivity index (χ0n) is 11.0. The third kappa shape index (κ3) is 1.79. The van der Waals surface area contributed by atoms with Gasteiger partial charge in [0.05, 0.1) is 0 Å². The molecule has 17 heavy (non-hydrogen) atoms. The number of hydrogen-bond donors (Lipinski definition) is 0. The fourth-order valence-electron chi connectivity index (χ4n) is 5.66. The van der Waals surface area contributed by atoms with Gasteiger partial charge >= 0.3 is 0 Å². The molecule has 0 aliphatic heterocycles. The molecule has 4 rings (SSSR count). The van der Waals surface area contributed by atoms with Crippen molar-refractivity contribution in [1.82, 2.24) is 0 Å². The van der Waals surface area contributed by atoms with E-state index in [1.807, 2.05) is 0 Å². The molecule has 2 bridgehead atoms. The average molecular weight is 230 g/mol. The Labute approximate surface area is 106 Å². The van der Waals surface area contributed by atoms with Crippen LogP contribution in [-0.4, -0.2) is 0 Å². The lowest BCUT2D eigenvalue weighted by atomic mass is 9.63. The molecule has 0 aromatic heterocycles. The van der Waals surface area contributed by atoms with Gasteiger partial charge in [-0.25, -0.2) is 0 Å². The Morgan fingerprint density at radius 1 is 0.647 bits per heavy atom. The first-order valence-corrected chi connectivity index (χ1v) is 8.08.